The van der Waals surface area contributed by atoms with Gasteiger partial charge >= 0.3 is 0 Å². The van der Waals surface area contributed by atoms with Gasteiger partial charge in [-0.25, -0.2) is 0 Å². The molecule has 1 radical (unpaired) electrons. The summed E-state index contributed by atoms with van der Waals surface area (Å²) in [6.45, 7) is 10.3. The van der Waals surface area contributed by atoms with Gasteiger partial charge in [-0.1, -0.05) is 26.1 Å². The number of hydrogen-bond donors (Lipinski definition) is 1. The van der Waals surface area contributed by atoms with Crippen LogP contribution in [0.3, 0.4) is 0 Å². The van der Waals surface area contributed by atoms with Crippen LogP contribution in [0.25, 0.3) is 0 Å². The van der Waals surface area contributed by atoms with Gasteiger partial charge in [-0.3, -0.25) is 4.90 Å². The molecule has 1 aliphatic heterocycles. The summed E-state index contributed by atoms with van der Waals surface area (Å²) in [6.07, 6.45) is 0. The Bertz CT molecular complexity index is 394. The number of benzene rings is 1. The van der Waals surface area contributed by atoms with E-state index >= 15 is 0 Å². The van der Waals surface area contributed by atoms with Crippen molar-refractivity contribution in [3.8, 4) is 0 Å². The Kier molecular flexibility index (Phi) is 5.16. The average molecular weight is 276 g/mol. The maximum atomic E-state index is 4.66. The van der Waals surface area contributed by atoms with Crippen LogP contribution in [0.15, 0.2) is 24.3 Å². The lowest BCUT2D eigenvalue weighted by atomic mass is 10.2. The highest BCUT2D eigenvalue weighted by atomic mass is 32.1. The standard InChI is InChI=1S/C15H22N3S/c1-13(2)11-17-7-9-18(10-8-17)15-5-3-14(4-6-15)16-12-19/h3-6,13H,7-11H2,1-2H3,(H,16,19). The molecule has 1 N–H and O–H groups in total. The number of nitrogens with zero attached hydrogens (tertiary/aromatic N) is 2. The van der Waals surface area contributed by atoms with Crippen LogP contribution in [0.2, 0.25) is 0 Å². The number of thiocarbonyl (C=S) groups is 1. The lowest BCUT2D eigenvalue weighted by Crippen LogP contribution is -2.47. The fourth-order valence-electron chi connectivity index (χ4n) is 2.52. The molecule has 1 aliphatic rings. The van der Waals surface area contributed by atoms with E-state index in [4.69, 9.17) is 0 Å². The monoisotopic (exact) mass is 276 g/mol. The largest absolute Gasteiger partial charge is 0.369 e. The van der Waals surface area contributed by atoms with Crippen molar-refractivity contribution in [3.05, 3.63) is 24.3 Å². The molecule has 2 rings (SSSR count). The van der Waals surface area contributed by atoms with E-state index in [0.717, 1.165) is 37.8 Å². The minimum absolute atomic E-state index is 0.753. The lowest BCUT2D eigenvalue weighted by molar-refractivity contribution is 0.231. The number of rotatable bonds is 5. The minimum atomic E-state index is 0.753. The number of nitrogens with one attached hydrogen (secondary N) is 1. The van der Waals surface area contributed by atoms with Gasteiger partial charge in [-0.05, 0) is 30.2 Å². The zero-order chi connectivity index (χ0) is 13.7. The van der Waals surface area contributed by atoms with E-state index in [1.54, 1.807) is 0 Å². The quantitative estimate of drug-likeness (QED) is 0.658. The third-order valence-corrected chi connectivity index (χ3v) is 3.53. The molecule has 4 heteroatoms. The van der Waals surface area contributed by atoms with Crippen LogP contribution in [0.5, 0.6) is 0 Å². The summed E-state index contributed by atoms with van der Waals surface area (Å²) in [6, 6.07) is 8.39. The molecule has 0 spiro atoms. The van der Waals surface area contributed by atoms with Crippen LogP contribution in [0, 0.1) is 5.92 Å². The van der Waals surface area contributed by atoms with Crippen molar-refractivity contribution in [2.24, 2.45) is 5.92 Å². The minimum Gasteiger partial charge on any atom is -0.369 e. The predicted molar refractivity (Wildman–Crippen MR) is 86.2 cm³/mol. The zero-order valence-corrected chi connectivity index (χ0v) is 12.5. The molecule has 0 aliphatic carbocycles. The van der Waals surface area contributed by atoms with Gasteiger partial charge in [0.25, 0.3) is 0 Å². The van der Waals surface area contributed by atoms with Crippen LogP contribution in [-0.4, -0.2) is 43.1 Å². The van der Waals surface area contributed by atoms with E-state index in [0.29, 0.717) is 0 Å². The highest BCUT2D eigenvalue weighted by Gasteiger charge is 2.17. The van der Waals surface area contributed by atoms with Crippen molar-refractivity contribution in [1.82, 2.24) is 4.90 Å². The summed E-state index contributed by atoms with van der Waals surface area (Å²) < 4.78 is 0. The molecule has 1 aromatic carbocycles. The van der Waals surface area contributed by atoms with Gasteiger partial charge in [0, 0.05) is 44.1 Å². The van der Waals surface area contributed by atoms with Gasteiger partial charge < -0.3 is 10.2 Å². The van der Waals surface area contributed by atoms with Crippen LogP contribution in [-0.2, 0) is 0 Å². The van der Waals surface area contributed by atoms with Crippen LogP contribution < -0.4 is 10.2 Å². The molecule has 0 aromatic heterocycles. The maximum absolute atomic E-state index is 4.66. The van der Waals surface area contributed by atoms with Gasteiger partial charge in [0.15, 0.2) is 0 Å². The molecule has 0 unspecified atom stereocenters. The highest BCUT2D eigenvalue weighted by Crippen LogP contribution is 2.19. The summed E-state index contributed by atoms with van der Waals surface area (Å²) in [5.41, 5.74) is 4.81. The van der Waals surface area contributed by atoms with Crippen LogP contribution in [0.4, 0.5) is 11.4 Å². The molecule has 1 heterocycles. The Hall–Kier alpha value is -1.13. The maximum Gasteiger partial charge on any atom is 0.138 e. The molecule has 0 atom stereocenters. The zero-order valence-electron chi connectivity index (χ0n) is 11.7. The second-order valence-electron chi connectivity index (χ2n) is 5.46. The van der Waals surface area contributed by atoms with E-state index in [9.17, 15) is 0 Å². The number of anilines is 2. The Morgan fingerprint density at radius 3 is 2.32 bits per heavy atom. The molecule has 0 bridgehead atoms. The Balaban J connectivity index is 1.88. The predicted octanol–water partition coefficient (Wildman–Crippen LogP) is 2.71. The fourth-order valence-corrected chi connectivity index (χ4v) is 2.64. The first-order chi connectivity index (χ1) is 9.19. The van der Waals surface area contributed by atoms with Gasteiger partial charge in [0.2, 0.25) is 0 Å². The van der Waals surface area contributed by atoms with Crippen LogP contribution >= 0.6 is 12.2 Å². The molecule has 3 nitrogen and oxygen atoms in total. The first kappa shape index (κ1) is 14.3. The molecule has 1 saturated heterocycles. The van der Waals surface area contributed by atoms with E-state index in [1.165, 1.54) is 12.2 Å². The van der Waals surface area contributed by atoms with E-state index in [-0.39, 0.29) is 0 Å². The van der Waals surface area contributed by atoms with Crippen molar-refractivity contribution in [1.29, 1.82) is 0 Å². The third kappa shape index (κ3) is 4.18. The third-order valence-electron chi connectivity index (χ3n) is 3.42. The number of hydrogen-bond acceptors (Lipinski definition) is 3. The van der Waals surface area contributed by atoms with Gasteiger partial charge in [-0.15, -0.1) is 0 Å². The van der Waals surface area contributed by atoms with Gasteiger partial charge in [0.1, 0.15) is 5.49 Å². The van der Waals surface area contributed by atoms with E-state index in [2.05, 4.69) is 70.9 Å². The summed E-state index contributed by atoms with van der Waals surface area (Å²) in [7, 11) is 0. The first-order valence-electron chi connectivity index (χ1n) is 6.89. The van der Waals surface area contributed by atoms with Crippen molar-refractivity contribution in [3.63, 3.8) is 0 Å². The Morgan fingerprint density at radius 2 is 1.79 bits per heavy atom. The SMILES string of the molecule is CC(C)CN1CCN(c2ccc(N[C]=S)cc2)CC1. The lowest BCUT2D eigenvalue weighted by Gasteiger charge is -2.36. The fraction of sp³-hybridized carbons (Fsp3) is 0.533. The molecular formula is C15H22N3S. The topological polar surface area (TPSA) is 18.5 Å². The van der Waals surface area contributed by atoms with E-state index in [1.807, 2.05) is 0 Å². The second-order valence-corrected chi connectivity index (χ2v) is 5.66. The molecule has 1 aromatic rings. The summed E-state index contributed by atoms with van der Waals surface area (Å²) in [5, 5.41) is 2.90. The first-order valence-corrected chi connectivity index (χ1v) is 7.30. The van der Waals surface area contributed by atoms with Crippen LogP contribution in [0.1, 0.15) is 13.8 Å². The van der Waals surface area contributed by atoms with Crippen molar-refractivity contribution in [2.75, 3.05) is 42.9 Å². The van der Waals surface area contributed by atoms with Crippen molar-refractivity contribution in [2.45, 2.75) is 13.8 Å². The molecule has 0 saturated carbocycles. The number of piperazine rings is 1. The summed E-state index contributed by atoms with van der Waals surface area (Å²) in [4.78, 5) is 5.00. The Morgan fingerprint density at radius 1 is 1.16 bits per heavy atom. The Labute approximate surface area is 121 Å². The average Bonchev–Trinajstić information content (AvgIpc) is 2.40. The van der Waals surface area contributed by atoms with Crippen molar-refractivity contribution < 1.29 is 0 Å². The molecule has 1 fully saturated rings. The summed E-state index contributed by atoms with van der Waals surface area (Å²) >= 11 is 4.66. The normalized spacial score (nSPS) is 16.7. The summed E-state index contributed by atoms with van der Waals surface area (Å²) in [5.74, 6) is 0.753. The highest BCUT2D eigenvalue weighted by molar-refractivity contribution is 7.79. The van der Waals surface area contributed by atoms with E-state index < -0.39 is 0 Å². The second kappa shape index (κ2) is 6.87. The van der Waals surface area contributed by atoms with Gasteiger partial charge in [-0.2, -0.15) is 0 Å². The molecular weight excluding hydrogens is 254 g/mol. The smallest absolute Gasteiger partial charge is 0.138 e. The molecule has 103 valence electrons. The molecule has 19 heavy (non-hydrogen) atoms. The van der Waals surface area contributed by atoms with Gasteiger partial charge in [0.05, 0.1) is 0 Å². The molecule has 0 amide bonds. The van der Waals surface area contributed by atoms with Crippen molar-refractivity contribution >= 4 is 29.1 Å².